The molecule has 9 nitrogen and oxygen atoms in total. The average molecular weight is 436 g/mol. The Labute approximate surface area is 187 Å². The minimum atomic E-state index is -1.01. The summed E-state index contributed by atoms with van der Waals surface area (Å²) >= 11 is 0. The number of hydrogen-bond donors (Lipinski definition) is 2. The van der Waals surface area contributed by atoms with Gasteiger partial charge in [0, 0.05) is 57.8 Å². The van der Waals surface area contributed by atoms with E-state index in [1.165, 1.54) is 6.33 Å². The second kappa shape index (κ2) is 9.35. The molecular weight excluding hydrogens is 406 g/mol. The van der Waals surface area contributed by atoms with Crippen molar-refractivity contribution in [1.82, 2.24) is 24.4 Å². The fourth-order valence-corrected chi connectivity index (χ4v) is 4.22. The third-order valence-electron chi connectivity index (χ3n) is 5.76. The van der Waals surface area contributed by atoms with Crippen LogP contribution in [0.1, 0.15) is 28.8 Å². The Hall–Kier alpha value is -3.46. The summed E-state index contributed by atoms with van der Waals surface area (Å²) in [6, 6.07) is 9.46. The number of β-amino-alcohol motifs (C(OH)–C–C–N with tert-alkyl or cyclic N) is 1. The molecule has 2 N–H and O–H groups in total. The second-order valence-corrected chi connectivity index (χ2v) is 8.36. The molecule has 0 saturated carbocycles. The maximum atomic E-state index is 13.1. The van der Waals surface area contributed by atoms with E-state index in [0.717, 1.165) is 30.2 Å². The lowest BCUT2D eigenvalue weighted by molar-refractivity contribution is -0.000137. The van der Waals surface area contributed by atoms with E-state index in [1.807, 2.05) is 48.1 Å². The van der Waals surface area contributed by atoms with E-state index >= 15 is 0 Å². The van der Waals surface area contributed by atoms with Crippen LogP contribution in [0.2, 0.25) is 0 Å². The molecule has 0 aliphatic carbocycles. The van der Waals surface area contributed by atoms with Crippen LogP contribution in [-0.2, 0) is 6.54 Å². The number of likely N-dealkylation sites (N-methyl/N-ethyl adjacent to an activating group) is 1. The first-order chi connectivity index (χ1) is 15.5. The molecule has 0 bridgehead atoms. The number of nitrogens with zero attached hydrogens (tertiary/aromatic N) is 6. The largest absolute Gasteiger partial charge is 0.386 e. The molecule has 168 valence electrons. The van der Waals surface area contributed by atoms with E-state index < -0.39 is 5.60 Å². The van der Waals surface area contributed by atoms with Crippen molar-refractivity contribution in [1.29, 1.82) is 0 Å². The summed E-state index contributed by atoms with van der Waals surface area (Å²) in [7, 11) is 3.55. The number of carbonyl (C=O) groups is 1. The van der Waals surface area contributed by atoms with Gasteiger partial charge in [-0.25, -0.2) is 15.0 Å². The number of aromatic nitrogens is 4. The number of amides is 1. The van der Waals surface area contributed by atoms with Crippen molar-refractivity contribution in [2.75, 3.05) is 43.9 Å². The second-order valence-electron chi connectivity index (χ2n) is 8.36. The van der Waals surface area contributed by atoms with Crippen LogP contribution in [0, 0.1) is 0 Å². The van der Waals surface area contributed by atoms with Crippen LogP contribution in [0.3, 0.4) is 0 Å². The molecule has 1 saturated heterocycles. The van der Waals surface area contributed by atoms with Gasteiger partial charge in [0.15, 0.2) is 0 Å². The molecule has 1 unspecified atom stereocenters. The molecule has 2 aromatic heterocycles. The Kier molecular flexibility index (Phi) is 6.36. The number of aliphatic hydroxyl groups is 1. The molecule has 1 aliphatic rings. The zero-order valence-corrected chi connectivity index (χ0v) is 18.5. The van der Waals surface area contributed by atoms with Gasteiger partial charge in [-0.1, -0.05) is 12.1 Å². The topological polar surface area (TPSA) is 99.4 Å². The minimum Gasteiger partial charge on any atom is -0.386 e. The third-order valence-corrected chi connectivity index (χ3v) is 5.76. The SMILES string of the molecule is CNc1cc(N2CCCC(O)(CN(C)C(=O)c3cccc(Cn4ccnc4)c3)C2)ncn1. The van der Waals surface area contributed by atoms with Crippen LogP contribution in [0.25, 0.3) is 0 Å². The fraction of sp³-hybridized carbons (Fsp3) is 0.391. The quantitative estimate of drug-likeness (QED) is 0.584. The van der Waals surface area contributed by atoms with Crippen molar-refractivity contribution < 1.29 is 9.90 Å². The summed E-state index contributed by atoms with van der Waals surface area (Å²) in [5.41, 5.74) is 0.617. The van der Waals surface area contributed by atoms with E-state index in [2.05, 4.69) is 25.2 Å². The summed E-state index contributed by atoms with van der Waals surface area (Å²) in [6.45, 7) is 2.11. The van der Waals surface area contributed by atoms with Crippen LogP contribution >= 0.6 is 0 Å². The van der Waals surface area contributed by atoms with Gasteiger partial charge in [0.25, 0.3) is 5.91 Å². The van der Waals surface area contributed by atoms with Gasteiger partial charge in [-0.05, 0) is 30.5 Å². The van der Waals surface area contributed by atoms with E-state index in [9.17, 15) is 9.90 Å². The zero-order valence-electron chi connectivity index (χ0n) is 18.5. The molecule has 1 aliphatic heterocycles. The summed E-state index contributed by atoms with van der Waals surface area (Å²) in [5, 5.41) is 14.3. The van der Waals surface area contributed by atoms with Gasteiger partial charge in [-0.2, -0.15) is 0 Å². The number of nitrogens with one attached hydrogen (secondary N) is 1. The van der Waals surface area contributed by atoms with E-state index in [1.54, 1.807) is 24.5 Å². The molecular formula is C23H29N7O2. The number of anilines is 2. The Morgan fingerprint density at radius 1 is 1.31 bits per heavy atom. The number of piperidine rings is 1. The summed E-state index contributed by atoms with van der Waals surface area (Å²) in [6.07, 6.45) is 8.34. The number of benzene rings is 1. The van der Waals surface area contributed by atoms with Crippen molar-refractivity contribution in [3.63, 3.8) is 0 Å². The summed E-state index contributed by atoms with van der Waals surface area (Å²) in [4.78, 5) is 29.3. The highest BCUT2D eigenvalue weighted by molar-refractivity contribution is 5.94. The van der Waals surface area contributed by atoms with Crippen molar-refractivity contribution in [3.8, 4) is 0 Å². The first-order valence-electron chi connectivity index (χ1n) is 10.7. The maximum absolute atomic E-state index is 13.1. The zero-order chi connectivity index (χ0) is 22.6. The van der Waals surface area contributed by atoms with Crippen LogP contribution in [-0.4, -0.2) is 74.8 Å². The summed E-state index contributed by atoms with van der Waals surface area (Å²) in [5.74, 6) is 1.39. The van der Waals surface area contributed by atoms with Gasteiger partial charge >= 0.3 is 0 Å². The first kappa shape index (κ1) is 21.8. The third kappa shape index (κ3) is 5.05. The Balaban J connectivity index is 1.43. The van der Waals surface area contributed by atoms with E-state index in [-0.39, 0.29) is 12.5 Å². The Morgan fingerprint density at radius 2 is 2.19 bits per heavy atom. The number of rotatable bonds is 7. The molecule has 3 heterocycles. The molecule has 9 heteroatoms. The molecule has 32 heavy (non-hydrogen) atoms. The molecule has 1 amide bonds. The maximum Gasteiger partial charge on any atom is 0.253 e. The first-order valence-corrected chi connectivity index (χ1v) is 10.7. The Morgan fingerprint density at radius 3 is 2.97 bits per heavy atom. The Bertz CT molecular complexity index is 1060. The van der Waals surface area contributed by atoms with Gasteiger partial charge in [0.1, 0.15) is 18.0 Å². The molecule has 3 aromatic rings. The molecule has 1 aromatic carbocycles. The van der Waals surface area contributed by atoms with Crippen LogP contribution < -0.4 is 10.2 Å². The smallest absolute Gasteiger partial charge is 0.253 e. The predicted molar refractivity (Wildman–Crippen MR) is 123 cm³/mol. The number of carbonyl (C=O) groups excluding carboxylic acids is 1. The molecule has 1 fully saturated rings. The van der Waals surface area contributed by atoms with Crippen LogP contribution in [0.5, 0.6) is 0 Å². The van der Waals surface area contributed by atoms with Gasteiger partial charge in [-0.15, -0.1) is 0 Å². The van der Waals surface area contributed by atoms with Crippen molar-refractivity contribution in [3.05, 3.63) is 66.5 Å². The van der Waals surface area contributed by atoms with Gasteiger partial charge in [0.2, 0.25) is 0 Å². The monoisotopic (exact) mass is 435 g/mol. The minimum absolute atomic E-state index is 0.109. The van der Waals surface area contributed by atoms with Gasteiger partial charge in [-0.3, -0.25) is 4.79 Å². The normalized spacial score (nSPS) is 18.4. The standard InChI is InChI=1S/C23H29N7O2/c1-24-20-12-21(27-16-26-20)30-9-4-7-23(32,15-30)14-28(2)22(31)19-6-3-5-18(11-19)13-29-10-8-25-17-29/h3,5-6,8,10-12,16-17,32H,4,7,9,13-15H2,1-2H3,(H,24,26,27). The lowest BCUT2D eigenvalue weighted by atomic mass is 9.92. The van der Waals surface area contributed by atoms with E-state index in [0.29, 0.717) is 25.1 Å². The highest BCUT2D eigenvalue weighted by atomic mass is 16.3. The van der Waals surface area contributed by atoms with Gasteiger partial charge in [0.05, 0.1) is 18.5 Å². The van der Waals surface area contributed by atoms with Gasteiger partial charge < -0.3 is 24.8 Å². The lowest BCUT2D eigenvalue weighted by Crippen LogP contribution is -2.54. The number of imidazole rings is 1. The van der Waals surface area contributed by atoms with Crippen LogP contribution in [0.4, 0.5) is 11.6 Å². The van der Waals surface area contributed by atoms with Crippen molar-refractivity contribution in [2.24, 2.45) is 0 Å². The van der Waals surface area contributed by atoms with Crippen LogP contribution in [0.15, 0.2) is 55.4 Å². The predicted octanol–water partition coefficient (Wildman–Crippen LogP) is 1.87. The highest BCUT2D eigenvalue weighted by Gasteiger charge is 2.36. The fourth-order valence-electron chi connectivity index (χ4n) is 4.22. The van der Waals surface area contributed by atoms with E-state index in [4.69, 9.17) is 0 Å². The number of hydrogen-bond acceptors (Lipinski definition) is 7. The molecule has 0 radical (unpaired) electrons. The molecule has 0 spiro atoms. The highest BCUT2D eigenvalue weighted by Crippen LogP contribution is 2.26. The molecule has 1 atom stereocenters. The lowest BCUT2D eigenvalue weighted by Gasteiger charge is -2.41. The average Bonchev–Trinajstić information content (AvgIpc) is 3.31. The molecule has 4 rings (SSSR count). The van der Waals surface area contributed by atoms with Crippen molar-refractivity contribution >= 4 is 17.5 Å². The van der Waals surface area contributed by atoms with Crippen molar-refractivity contribution in [2.45, 2.75) is 25.0 Å². The summed E-state index contributed by atoms with van der Waals surface area (Å²) < 4.78 is 1.96.